The average molecular weight is 527 g/mol. The van der Waals surface area contributed by atoms with Crippen LogP contribution in [0.1, 0.15) is 51.0 Å². The third kappa shape index (κ3) is 2.86. The molecule has 41 heavy (non-hydrogen) atoms. The van der Waals surface area contributed by atoms with Gasteiger partial charge in [-0.3, -0.25) is 0 Å². The zero-order valence-electron chi connectivity index (χ0n) is 22.6. The van der Waals surface area contributed by atoms with Gasteiger partial charge in [0.15, 0.2) is 0 Å². The highest BCUT2D eigenvalue weighted by Crippen LogP contribution is 2.55. The van der Waals surface area contributed by atoms with Crippen LogP contribution in [0.25, 0.3) is 33.9 Å². The third-order valence-corrected chi connectivity index (χ3v) is 9.50. The largest absolute Gasteiger partial charge is 0.355 e. The molecule has 2 aliphatic carbocycles. The van der Waals surface area contributed by atoms with E-state index in [1.165, 1.54) is 72.7 Å². The zero-order chi connectivity index (χ0) is 26.8. The summed E-state index contributed by atoms with van der Waals surface area (Å²) in [5, 5.41) is 6.27. The van der Waals surface area contributed by atoms with E-state index in [9.17, 15) is 0 Å². The lowest BCUT2D eigenvalue weighted by Gasteiger charge is -2.26. The Hall–Kier alpha value is -5.09. The maximum absolute atomic E-state index is 4.93. The highest BCUT2D eigenvalue weighted by atomic mass is 15.3. The van der Waals surface area contributed by atoms with Crippen LogP contribution in [0, 0.1) is 6.92 Å². The van der Waals surface area contributed by atoms with Crippen molar-refractivity contribution >= 4 is 34.1 Å². The van der Waals surface area contributed by atoms with Crippen LogP contribution in [0.4, 0.5) is 11.4 Å². The molecule has 0 saturated heterocycles. The van der Waals surface area contributed by atoms with Crippen molar-refractivity contribution in [3.63, 3.8) is 0 Å². The van der Waals surface area contributed by atoms with Gasteiger partial charge in [0, 0.05) is 56.6 Å². The minimum absolute atomic E-state index is 0.346. The summed E-state index contributed by atoms with van der Waals surface area (Å²) in [6.45, 7) is 2.08. The Bertz CT molecular complexity index is 2150. The number of fused-ring (bicyclic) bond motifs is 9. The minimum Gasteiger partial charge on any atom is -0.355 e. The van der Waals surface area contributed by atoms with Gasteiger partial charge in [0.2, 0.25) is 0 Å². The number of benzene rings is 4. The Morgan fingerprint density at radius 3 is 2.61 bits per heavy atom. The molecule has 1 unspecified atom stereocenters. The Morgan fingerprint density at radius 2 is 1.68 bits per heavy atom. The predicted molar refractivity (Wildman–Crippen MR) is 165 cm³/mol. The molecule has 2 atom stereocenters. The number of aromatic nitrogens is 3. The van der Waals surface area contributed by atoms with E-state index in [1.807, 2.05) is 0 Å². The first-order valence-electron chi connectivity index (χ1n) is 14.5. The lowest BCUT2D eigenvalue weighted by molar-refractivity contribution is 0.802. The van der Waals surface area contributed by atoms with Crippen molar-refractivity contribution in [2.24, 2.45) is 0 Å². The molecule has 0 radical (unpaired) electrons. The Morgan fingerprint density at radius 1 is 0.854 bits per heavy atom. The second-order valence-corrected chi connectivity index (χ2v) is 11.8. The standard InChI is InChI=1S/C37H26N4/c1-21-17-36-27-10-6-9-26-30(37(26)27)19-34(41(36)39-21)22-13-15-23(16-14-22)40-33-12-5-3-8-25(33)29-18-28-24-7-2-4-11-31(24)38-32(28)20-35(29)40/h2-17,19-20,29-30,38H,18H2,1H3/t29?,30-/m1/s1. The van der Waals surface area contributed by atoms with Crippen molar-refractivity contribution in [2.75, 3.05) is 4.90 Å². The van der Waals surface area contributed by atoms with Gasteiger partial charge < -0.3 is 9.88 Å². The summed E-state index contributed by atoms with van der Waals surface area (Å²) in [5.41, 5.74) is 17.9. The molecule has 0 saturated carbocycles. The van der Waals surface area contributed by atoms with Crippen LogP contribution in [0.3, 0.4) is 0 Å². The number of nitrogens with zero attached hydrogens (tertiary/aromatic N) is 3. The molecule has 6 aromatic rings. The van der Waals surface area contributed by atoms with Crippen LogP contribution < -0.4 is 4.90 Å². The van der Waals surface area contributed by atoms with Gasteiger partial charge in [-0.25, -0.2) is 4.68 Å². The molecule has 4 heteroatoms. The van der Waals surface area contributed by atoms with Gasteiger partial charge in [-0.2, -0.15) is 5.10 Å². The second-order valence-electron chi connectivity index (χ2n) is 11.8. The first-order valence-corrected chi connectivity index (χ1v) is 14.5. The number of aromatic amines is 1. The van der Waals surface area contributed by atoms with E-state index >= 15 is 0 Å². The van der Waals surface area contributed by atoms with Crippen LogP contribution in [0.5, 0.6) is 0 Å². The monoisotopic (exact) mass is 526 g/mol. The van der Waals surface area contributed by atoms with Crippen LogP contribution in [0.2, 0.25) is 0 Å². The number of hydrogen-bond acceptors (Lipinski definition) is 2. The number of H-pyrrole nitrogens is 1. The molecule has 4 aliphatic rings. The highest BCUT2D eigenvalue weighted by molar-refractivity contribution is 5.92. The predicted octanol–water partition coefficient (Wildman–Crippen LogP) is 8.52. The molecule has 0 bridgehead atoms. The van der Waals surface area contributed by atoms with Gasteiger partial charge in [-0.1, -0.05) is 66.7 Å². The molecule has 10 rings (SSSR count). The lowest BCUT2D eigenvalue weighted by Crippen LogP contribution is -2.17. The fourth-order valence-electron chi connectivity index (χ4n) is 7.64. The molecule has 4 nitrogen and oxygen atoms in total. The van der Waals surface area contributed by atoms with E-state index in [0.717, 1.165) is 17.8 Å². The Kier molecular flexibility index (Phi) is 4.00. The number of aryl methyl sites for hydroxylation is 1. The van der Waals surface area contributed by atoms with Gasteiger partial charge in [-0.05, 0) is 78.1 Å². The molecule has 194 valence electrons. The van der Waals surface area contributed by atoms with Crippen molar-refractivity contribution in [2.45, 2.75) is 25.2 Å². The fraction of sp³-hybridized carbons (Fsp3) is 0.108. The fourth-order valence-corrected chi connectivity index (χ4v) is 7.64. The number of nitrogens with one attached hydrogen (secondary N) is 1. The second kappa shape index (κ2) is 7.55. The number of anilines is 2. The van der Waals surface area contributed by atoms with E-state index in [1.54, 1.807) is 0 Å². The smallest absolute Gasteiger partial charge is 0.0747 e. The maximum atomic E-state index is 4.93. The maximum Gasteiger partial charge on any atom is 0.0747 e. The number of para-hydroxylation sites is 2. The van der Waals surface area contributed by atoms with Gasteiger partial charge in [0.1, 0.15) is 0 Å². The van der Waals surface area contributed by atoms with E-state index in [-0.39, 0.29) is 0 Å². The SMILES string of the molecule is Cc1cc2n(n1)C(c1ccc(N3C4=Cc5[nH]c6ccccc6c5CC4c4ccccc43)cc1)=C[C@@H]1c3cccc-2c31. The molecule has 1 N–H and O–H groups in total. The van der Waals surface area contributed by atoms with E-state index in [2.05, 4.69) is 131 Å². The molecule has 0 amide bonds. The normalized spacial score (nSPS) is 19.0. The molecule has 0 fully saturated rings. The van der Waals surface area contributed by atoms with Crippen LogP contribution in [0.15, 0.2) is 109 Å². The van der Waals surface area contributed by atoms with Gasteiger partial charge in [-0.15, -0.1) is 0 Å². The topological polar surface area (TPSA) is 36.9 Å². The first-order chi connectivity index (χ1) is 20.2. The quantitative estimate of drug-likeness (QED) is 0.246. The highest BCUT2D eigenvalue weighted by Gasteiger charge is 2.39. The van der Waals surface area contributed by atoms with Crippen molar-refractivity contribution in [3.8, 4) is 11.3 Å². The summed E-state index contributed by atoms with van der Waals surface area (Å²) < 4.78 is 2.15. The van der Waals surface area contributed by atoms with Crippen LogP contribution >= 0.6 is 0 Å². The van der Waals surface area contributed by atoms with E-state index in [0.29, 0.717) is 11.8 Å². The van der Waals surface area contributed by atoms with Gasteiger partial charge >= 0.3 is 0 Å². The van der Waals surface area contributed by atoms with Crippen molar-refractivity contribution in [1.29, 1.82) is 0 Å². The zero-order valence-corrected chi connectivity index (χ0v) is 22.6. The Balaban J connectivity index is 1.09. The van der Waals surface area contributed by atoms with Gasteiger partial charge in [0.05, 0.1) is 17.1 Å². The number of allylic oxidation sites excluding steroid dienone is 2. The summed E-state index contributed by atoms with van der Waals surface area (Å²) in [4.78, 5) is 6.15. The molecule has 2 aromatic heterocycles. The molecular formula is C37H26N4. The van der Waals surface area contributed by atoms with Crippen molar-refractivity contribution < 1.29 is 0 Å². The Labute approximate surface area is 237 Å². The average Bonchev–Trinajstić information content (AvgIpc) is 3.27. The lowest BCUT2D eigenvalue weighted by atomic mass is 9.86. The summed E-state index contributed by atoms with van der Waals surface area (Å²) in [7, 11) is 0. The summed E-state index contributed by atoms with van der Waals surface area (Å²) in [5.74, 6) is 0.735. The number of rotatable bonds is 2. The van der Waals surface area contributed by atoms with Crippen LogP contribution in [-0.2, 0) is 6.42 Å². The first kappa shape index (κ1) is 21.7. The van der Waals surface area contributed by atoms with Crippen molar-refractivity contribution in [3.05, 3.63) is 148 Å². The van der Waals surface area contributed by atoms with Crippen LogP contribution in [-0.4, -0.2) is 14.8 Å². The van der Waals surface area contributed by atoms with Gasteiger partial charge in [0.25, 0.3) is 0 Å². The molecule has 4 heterocycles. The summed E-state index contributed by atoms with van der Waals surface area (Å²) in [6.07, 6.45) is 5.79. The molecule has 2 aliphatic heterocycles. The minimum atomic E-state index is 0.346. The third-order valence-electron chi connectivity index (χ3n) is 9.50. The molecular weight excluding hydrogens is 500 g/mol. The van der Waals surface area contributed by atoms with E-state index in [4.69, 9.17) is 5.10 Å². The number of hydrogen-bond donors (Lipinski definition) is 1. The van der Waals surface area contributed by atoms with Crippen molar-refractivity contribution in [1.82, 2.24) is 14.8 Å². The molecule has 0 spiro atoms. The summed E-state index contributed by atoms with van der Waals surface area (Å²) in [6, 6.07) is 35.6. The summed E-state index contributed by atoms with van der Waals surface area (Å²) >= 11 is 0. The molecule has 4 aromatic carbocycles. The van der Waals surface area contributed by atoms with E-state index < -0.39 is 0 Å².